The summed E-state index contributed by atoms with van der Waals surface area (Å²) in [6.07, 6.45) is 3.12. The number of benzene rings is 3. The summed E-state index contributed by atoms with van der Waals surface area (Å²) in [6, 6.07) is 14.0. The molecular formula is C46H55Cl2N7O4. The predicted molar refractivity (Wildman–Crippen MR) is 240 cm³/mol. The minimum absolute atomic E-state index is 0.238. The van der Waals surface area contributed by atoms with Gasteiger partial charge in [0.2, 0.25) is 0 Å². The summed E-state index contributed by atoms with van der Waals surface area (Å²) in [5.74, 6) is -0.194. The highest BCUT2D eigenvalue weighted by atomic mass is 35.5. The van der Waals surface area contributed by atoms with Gasteiger partial charge in [-0.05, 0) is 113 Å². The van der Waals surface area contributed by atoms with Crippen molar-refractivity contribution >= 4 is 63.0 Å². The summed E-state index contributed by atoms with van der Waals surface area (Å²) >= 11 is 13.6. The second-order valence-electron chi connectivity index (χ2n) is 16.2. The van der Waals surface area contributed by atoms with E-state index in [-0.39, 0.29) is 5.69 Å². The number of fused-ring (bicyclic) bond motifs is 2. The van der Waals surface area contributed by atoms with Crippen LogP contribution < -0.4 is 9.64 Å². The number of nitrogens with zero attached hydrogens (tertiary/aromatic N) is 7. The SMILES string of the molecule is Cc1cc(OCCCc2c(C=O)n(CCN(C)c3cc(CCN4CCN(C)CC4)cc4cc(C(=O)O)n(C)c34)c3c(-c4c(C)nn(C)c4C)c(Cl)ccc23)cc(C)c1Cl. The van der Waals surface area contributed by atoms with Crippen LogP contribution in [0.1, 0.15) is 61.0 Å². The lowest BCUT2D eigenvalue weighted by molar-refractivity contribution is 0.0687. The van der Waals surface area contributed by atoms with Gasteiger partial charge in [0, 0.05) is 99.6 Å². The Kier molecular flexibility index (Phi) is 12.5. The Hall–Kier alpha value is -4.81. The van der Waals surface area contributed by atoms with E-state index >= 15 is 0 Å². The maximum atomic E-state index is 13.3. The van der Waals surface area contributed by atoms with Crippen molar-refractivity contribution in [2.75, 3.05) is 64.9 Å². The number of carbonyl (C=O) groups excluding carboxylic acids is 1. The van der Waals surface area contributed by atoms with E-state index in [4.69, 9.17) is 33.0 Å². The molecule has 13 heteroatoms. The molecule has 1 aliphatic heterocycles. The van der Waals surface area contributed by atoms with Crippen LogP contribution in [0.3, 0.4) is 0 Å². The smallest absolute Gasteiger partial charge is 0.352 e. The number of hydrogen-bond donors (Lipinski definition) is 1. The number of piperazine rings is 1. The van der Waals surface area contributed by atoms with Crippen LogP contribution in [0.4, 0.5) is 5.69 Å². The van der Waals surface area contributed by atoms with E-state index in [2.05, 4.69) is 38.4 Å². The molecule has 3 aromatic heterocycles. The monoisotopic (exact) mass is 839 g/mol. The maximum Gasteiger partial charge on any atom is 0.352 e. The molecule has 1 saturated heterocycles. The highest BCUT2D eigenvalue weighted by Crippen LogP contribution is 2.42. The number of likely N-dealkylation sites (N-methyl/N-ethyl adjacent to an activating group) is 2. The molecule has 0 saturated carbocycles. The fourth-order valence-corrected chi connectivity index (χ4v) is 9.21. The molecule has 4 heterocycles. The highest BCUT2D eigenvalue weighted by Gasteiger charge is 2.26. The summed E-state index contributed by atoms with van der Waals surface area (Å²) in [4.78, 5) is 32.7. The summed E-state index contributed by atoms with van der Waals surface area (Å²) in [5.41, 5.74) is 11.2. The molecule has 0 bridgehead atoms. The molecule has 0 radical (unpaired) electrons. The fraction of sp³-hybridized carbons (Fsp3) is 0.413. The number of aldehydes is 1. The molecule has 1 aliphatic rings. The third-order valence-electron chi connectivity index (χ3n) is 12.2. The maximum absolute atomic E-state index is 13.3. The van der Waals surface area contributed by atoms with Crippen LogP contribution in [0.25, 0.3) is 32.9 Å². The average molecular weight is 841 g/mol. The number of anilines is 1. The van der Waals surface area contributed by atoms with Gasteiger partial charge in [0.15, 0.2) is 6.29 Å². The zero-order chi connectivity index (χ0) is 42.3. The van der Waals surface area contributed by atoms with Gasteiger partial charge in [0.25, 0.3) is 0 Å². The lowest BCUT2D eigenvalue weighted by Gasteiger charge is -2.32. The summed E-state index contributed by atoms with van der Waals surface area (Å²) in [6.45, 7) is 14.5. The number of carboxylic acids is 1. The van der Waals surface area contributed by atoms with E-state index in [9.17, 15) is 14.7 Å². The number of rotatable bonds is 15. The number of carboxylic acid groups (broad SMARTS) is 1. The van der Waals surface area contributed by atoms with Crippen molar-refractivity contribution < 1.29 is 19.4 Å². The Bertz CT molecular complexity index is 2540. The molecular weight excluding hydrogens is 785 g/mol. The number of halogens is 2. The Labute approximate surface area is 356 Å². The van der Waals surface area contributed by atoms with Gasteiger partial charge < -0.3 is 33.7 Å². The molecule has 11 nitrogen and oxygen atoms in total. The third-order valence-corrected chi connectivity index (χ3v) is 13.1. The zero-order valence-electron chi connectivity index (χ0n) is 35.5. The van der Waals surface area contributed by atoms with Gasteiger partial charge in [-0.2, -0.15) is 5.10 Å². The van der Waals surface area contributed by atoms with Crippen LogP contribution >= 0.6 is 23.2 Å². The largest absolute Gasteiger partial charge is 0.494 e. The predicted octanol–water partition coefficient (Wildman–Crippen LogP) is 8.52. The Morgan fingerprint density at radius 3 is 2.27 bits per heavy atom. The molecule has 59 heavy (non-hydrogen) atoms. The van der Waals surface area contributed by atoms with Gasteiger partial charge >= 0.3 is 5.97 Å². The molecule has 0 unspecified atom stereocenters. The molecule has 0 amide bonds. The number of carbonyl (C=O) groups is 2. The first-order valence-corrected chi connectivity index (χ1v) is 21.1. The van der Waals surface area contributed by atoms with Crippen LogP contribution in [-0.2, 0) is 33.5 Å². The highest BCUT2D eigenvalue weighted by molar-refractivity contribution is 6.35. The van der Waals surface area contributed by atoms with Crippen molar-refractivity contribution in [3.63, 3.8) is 0 Å². The molecule has 1 fully saturated rings. The third kappa shape index (κ3) is 8.35. The number of ether oxygens (including phenoxy) is 1. The Morgan fingerprint density at radius 1 is 0.915 bits per heavy atom. The molecule has 7 rings (SSSR count). The van der Waals surface area contributed by atoms with E-state index in [0.717, 1.165) is 128 Å². The molecule has 3 aromatic carbocycles. The second-order valence-corrected chi connectivity index (χ2v) is 17.0. The minimum atomic E-state index is -0.965. The number of hydrogen-bond acceptors (Lipinski definition) is 7. The summed E-state index contributed by atoms with van der Waals surface area (Å²) < 4.78 is 12.0. The van der Waals surface area contributed by atoms with Crippen LogP contribution in [0.15, 0.2) is 42.5 Å². The summed E-state index contributed by atoms with van der Waals surface area (Å²) in [7, 11) is 7.95. The van der Waals surface area contributed by atoms with Crippen LogP contribution in [0.5, 0.6) is 5.75 Å². The van der Waals surface area contributed by atoms with Gasteiger partial charge in [0.05, 0.1) is 39.7 Å². The van der Waals surface area contributed by atoms with Gasteiger partial charge in [-0.3, -0.25) is 9.48 Å². The van der Waals surface area contributed by atoms with Crippen molar-refractivity contribution in [2.45, 2.75) is 53.5 Å². The van der Waals surface area contributed by atoms with Crippen molar-refractivity contribution in [3.05, 3.63) is 97.5 Å². The second kappa shape index (κ2) is 17.4. The Balaban J connectivity index is 1.26. The van der Waals surface area contributed by atoms with E-state index in [0.29, 0.717) is 43.3 Å². The van der Waals surface area contributed by atoms with Crippen molar-refractivity contribution in [2.24, 2.45) is 14.1 Å². The number of aromatic nitrogens is 4. The molecule has 6 aromatic rings. The van der Waals surface area contributed by atoms with E-state index in [1.165, 1.54) is 0 Å². The molecule has 0 aliphatic carbocycles. The average Bonchev–Trinajstić information content (AvgIpc) is 3.80. The van der Waals surface area contributed by atoms with Crippen LogP contribution in [0, 0.1) is 27.7 Å². The summed E-state index contributed by atoms with van der Waals surface area (Å²) in [5, 5.41) is 18.0. The van der Waals surface area contributed by atoms with Gasteiger partial charge in [0.1, 0.15) is 11.4 Å². The normalized spacial score (nSPS) is 13.9. The first-order valence-electron chi connectivity index (χ1n) is 20.3. The molecule has 0 spiro atoms. The fourth-order valence-electron chi connectivity index (χ4n) is 8.85. The van der Waals surface area contributed by atoms with E-state index in [1.54, 1.807) is 10.6 Å². The number of aromatic carboxylic acids is 1. The van der Waals surface area contributed by atoms with Crippen molar-refractivity contribution in [1.82, 2.24) is 28.7 Å². The van der Waals surface area contributed by atoms with Crippen molar-refractivity contribution in [1.29, 1.82) is 0 Å². The standard InChI is InChI=1S/C46H55Cl2N7O4/c1-28-22-34(23-29(2)43(28)48)59-21-9-10-35-36-11-12-37(47)42(41-30(3)49-53(8)31(41)4)45(36)55(40(35)27-56)20-17-51(6)38-25-32(13-14-54-18-15-50(5)16-19-54)24-33-26-39(46(57)58)52(7)44(33)38/h11-12,22-27H,9-10,13-21H2,1-8H3,(H,57,58). The van der Waals surface area contributed by atoms with Gasteiger partial charge in [-0.15, -0.1) is 0 Å². The van der Waals surface area contributed by atoms with E-state index in [1.807, 2.05) is 77.8 Å². The first kappa shape index (κ1) is 42.3. The molecule has 0 atom stereocenters. The zero-order valence-corrected chi connectivity index (χ0v) is 37.0. The first-order chi connectivity index (χ1) is 28.2. The van der Waals surface area contributed by atoms with Crippen LogP contribution in [0.2, 0.25) is 10.0 Å². The minimum Gasteiger partial charge on any atom is -0.494 e. The quantitative estimate of drug-likeness (QED) is 0.0812. The lowest BCUT2D eigenvalue weighted by atomic mass is 9.98. The topological polar surface area (TPSA) is 101 Å². The van der Waals surface area contributed by atoms with Crippen molar-refractivity contribution in [3.8, 4) is 16.9 Å². The van der Waals surface area contributed by atoms with Gasteiger partial charge in [-0.25, -0.2) is 4.79 Å². The lowest BCUT2D eigenvalue weighted by Crippen LogP contribution is -2.45. The van der Waals surface area contributed by atoms with Gasteiger partial charge in [-0.1, -0.05) is 29.3 Å². The van der Waals surface area contributed by atoms with E-state index < -0.39 is 5.97 Å². The Morgan fingerprint density at radius 2 is 1.63 bits per heavy atom. The molecule has 1 N–H and O–H groups in total. The number of aryl methyl sites for hydroxylation is 6. The molecule has 312 valence electrons. The van der Waals surface area contributed by atoms with Crippen LogP contribution in [-0.4, -0.2) is 106 Å².